The van der Waals surface area contributed by atoms with E-state index in [1.165, 1.54) is 18.3 Å². The average molecular weight is 163 g/mol. The van der Waals surface area contributed by atoms with Gasteiger partial charge in [0.1, 0.15) is 5.82 Å². The van der Waals surface area contributed by atoms with E-state index in [4.69, 9.17) is 11.3 Å². The van der Waals surface area contributed by atoms with Crippen LogP contribution in [0.4, 0.5) is 5.82 Å². The summed E-state index contributed by atoms with van der Waals surface area (Å²) in [5.41, 5.74) is 13.4. The fourth-order valence-electron chi connectivity index (χ4n) is 0.693. The van der Waals surface area contributed by atoms with Gasteiger partial charge in [-0.25, -0.2) is 4.98 Å². The van der Waals surface area contributed by atoms with E-state index in [0.29, 0.717) is 0 Å². The Balaban J connectivity index is 3.11. The molecule has 60 valence electrons. The highest BCUT2D eigenvalue weighted by atomic mass is 16.1. The van der Waals surface area contributed by atoms with Crippen LogP contribution in [0.2, 0.25) is 0 Å². The maximum Gasteiger partial charge on any atom is 0.252 e. The molecule has 0 aliphatic carbocycles. The predicted octanol–water partition coefficient (Wildman–Crippen LogP) is 1.11. The van der Waals surface area contributed by atoms with Crippen LogP contribution in [0, 0.1) is 0 Å². The molecule has 1 rings (SSSR count). The minimum atomic E-state index is -0.719. The summed E-state index contributed by atoms with van der Waals surface area (Å²) < 4.78 is 0. The third kappa shape index (κ3) is 1.50. The summed E-state index contributed by atoms with van der Waals surface area (Å²) in [6.45, 7) is 0. The Hall–Kier alpha value is -2.07. The molecule has 0 aliphatic heterocycles. The molecule has 1 heterocycles. The fourth-order valence-corrected chi connectivity index (χ4v) is 0.693. The lowest BCUT2D eigenvalue weighted by Gasteiger charge is -1.96. The van der Waals surface area contributed by atoms with Gasteiger partial charge in [0, 0.05) is 11.1 Å². The second-order valence-corrected chi connectivity index (χ2v) is 1.93. The quantitative estimate of drug-likeness (QED) is 0.380. The zero-order chi connectivity index (χ0) is 8.97. The SMILES string of the molecule is [N-]=[N+]=NC(=O)c1cccnc1N. The second-order valence-electron chi connectivity index (χ2n) is 1.93. The predicted molar refractivity (Wildman–Crippen MR) is 42.1 cm³/mol. The van der Waals surface area contributed by atoms with E-state index in [1.807, 2.05) is 0 Å². The number of rotatable bonds is 1. The largest absolute Gasteiger partial charge is 0.383 e. The molecule has 0 atom stereocenters. The summed E-state index contributed by atoms with van der Waals surface area (Å²) in [5.74, 6) is -0.655. The van der Waals surface area contributed by atoms with Crippen molar-refractivity contribution in [1.29, 1.82) is 0 Å². The van der Waals surface area contributed by atoms with Crippen molar-refractivity contribution < 1.29 is 4.79 Å². The molecular formula is C6H5N5O. The summed E-state index contributed by atoms with van der Waals surface area (Å²) >= 11 is 0. The molecule has 0 aromatic carbocycles. The topological polar surface area (TPSA) is 105 Å². The second kappa shape index (κ2) is 3.36. The molecular weight excluding hydrogens is 158 g/mol. The van der Waals surface area contributed by atoms with Gasteiger partial charge in [0.2, 0.25) is 0 Å². The summed E-state index contributed by atoms with van der Waals surface area (Å²) in [6.07, 6.45) is 1.45. The van der Waals surface area contributed by atoms with Crippen LogP contribution < -0.4 is 5.73 Å². The van der Waals surface area contributed by atoms with Gasteiger partial charge in [-0.3, -0.25) is 4.79 Å². The number of nitrogens with zero attached hydrogens (tertiary/aromatic N) is 4. The van der Waals surface area contributed by atoms with Crippen molar-refractivity contribution in [2.75, 3.05) is 5.73 Å². The van der Waals surface area contributed by atoms with Crippen molar-refractivity contribution >= 4 is 11.7 Å². The van der Waals surface area contributed by atoms with E-state index < -0.39 is 5.91 Å². The van der Waals surface area contributed by atoms with Crippen molar-refractivity contribution in [1.82, 2.24) is 4.98 Å². The van der Waals surface area contributed by atoms with E-state index in [1.54, 1.807) is 0 Å². The number of azide groups is 1. The molecule has 6 heteroatoms. The zero-order valence-electron chi connectivity index (χ0n) is 6.01. The number of carbonyl (C=O) groups is 1. The Morgan fingerprint density at radius 1 is 1.75 bits per heavy atom. The van der Waals surface area contributed by atoms with Gasteiger partial charge >= 0.3 is 0 Å². The summed E-state index contributed by atoms with van der Waals surface area (Å²) in [5, 5.41) is 2.88. The third-order valence-corrected chi connectivity index (χ3v) is 1.20. The maximum absolute atomic E-state index is 10.9. The standard InChI is InChI=1S/C6H5N5O/c7-5-4(2-1-3-9-5)6(12)10-11-8/h1-3H,(H2,7,9). The van der Waals surface area contributed by atoms with Crippen molar-refractivity contribution in [2.24, 2.45) is 5.11 Å². The molecule has 0 saturated carbocycles. The van der Waals surface area contributed by atoms with Crippen LogP contribution in [-0.2, 0) is 0 Å². The summed E-state index contributed by atoms with van der Waals surface area (Å²) in [4.78, 5) is 16.9. The first-order valence-corrected chi connectivity index (χ1v) is 3.05. The van der Waals surface area contributed by atoms with Crippen LogP contribution in [0.5, 0.6) is 0 Å². The van der Waals surface area contributed by atoms with Gasteiger partial charge in [-0.05, 0) is 22.8 Å². The minimum Gasteiger partial charge on any atom is -0.383 e. The normalized spacial score (nSPS) is 8.67. The Morgan fingerprint density at radius 2 is 2.50 bits per heavy atom. The number of hydrogen-bond donors (Lipinski definition) is 1. The minimum absolute atomic E-state index is 0.0647. The highest BCUT2D eigenvalue weighted by Gasteiger charge is 2.06. The van der Waals surface area contributed by atoms with Gasteiger partial charge in [0.15, 0.2) is 0 Å². The van der Waals surface area contributed by atoms with Crippen LogP contribution in [0.15, 0.2) is 23.4 Å². The third-order valence-electron chi connectivity index (χ3n) is 1.20. The molecule has 0 radical (unpaired) electrons. The van der Waals surface area contributed by atoms with Gasteiger partial charge in [0.25, 0.3) is 5.91 Å². The van der Waals surface area contributed by atoms with E-state index in [9.17, 15) is 4.79 Å². The molecule has 0 bridgehead atoms. The average Bonchev–Trinajstić information content (AvgIpc) is 2.05. The summed E-state index contributed by atoms with van der Waals surface area (Å²) in [7, 11) is 0. The molecule has 0 saturated heterocycles. The summed E-state index contributed by atoms with van der Waals surface area (Å²) in [6, 6.07) is 2.98. The van der Waals surface area contributed by atoms with Crippen molar-refractivity contribution in [3.8, 4) is 0 Å². The molecule has 0 unspecified atom stereocenters. The first-order valence-electron chi connectivity index (χ1n) is 3.05. The molecule has 2 N–H and O–H groups in total. The Bertz CT molecular complexity index is 355. The van der Waals surface area contributed by atoms with Crippen LogP contribution in [-0.4, -0.2) is 10.9 Å². The lowest BCUT2D eigenvalue weighted by Crippen LogP contribution is -2.01. The molecule has 0 spiro atoms. The first-order chi connectivity index (χ1) is 5.75. The number of aromatic nitrogens is 1. The number of nitrogen functional groups attached to an aromatic ring is 1. The smallest absolute Gasteiger partial charge is 0.252 e. The molecule has 1 aromatic heterocycles. The number of pyridine rings is 1. The maximum atomic E-state index is 10.9. The highest BCUT2D eigenvalue weighted by molar-refractivity contribution is 5.98. The number of hydrogen-bond acceptors (Lipinski definition) is 3. The lowest BCUT2D eigenvalue weighted by molar-refractivity contribution is 0.100. The fraction of sp³-hybridized carbons (Fsp3) is 0. The molecule has 0 fully saturated rings. The Kier molecular flexibility index (Phi) is 2.25. The van der Waals surface area contributed by atoms with E-state index >= 15 is 0 Å². The lowest BCUT2D eigenvalue weighted by atomic mass is 10.2. The number of anilines is 1. The monoisotopic (exact) mass is 163 g/mol. The van der Waals surface area contributed by atoms with Crippen molar-refractivity contribution in [2.45, 2.75) is 0 Å². The number of nitrogens with two attached hydrogens (primary N) is 1. The van der Waals surface area contributed by atoms with Crippen LogP contribution >= 0.6 is 0 Å². The van der Waals surface area contributed by atoms with Gasteiger partial charge in [-0.1, -0.05) is 0 Å². The van der Waals surface area contributed by atoms with Crippen molar-refractivity contribution in [3.63, 3.8) is 0 Å². The van der Waals surface area contributed by atoms with E-state index in [0.717, 1.165) is 0 Å². The van der Waals surface area contributed by atoms with Gasteiger partial charge in [0.05, 0.1) is 5.56 Å². The molecule has 1 aromatic rings. The number of carbonyl (C=O) groups excluding carboxylic acids is 1. The molecule has 6 nitrogen and oxygen atoms in total. The van der Waals surface area contributed by atoms with Gasteiger partial charge in [-0.15, -0.1) is 0 Å². The molecule has 0 aliphatic rings. The Labute approximate surface area is 67.7 Å². The van der Waals surface area contributed by atoms with Gasteiger partial charge < -0.3 is 5.73 Å². The van der Waals surface area contributed by atoms with E-state index in [-0.39, 0.29) is 11.4 Å². The highest BCUT2D eigenvalue weighted by Crippen LogP contribution is 2.07. The zero-order valence-corrected chi connectivity index (χ0v) is 6.01. The molecule has 1 amide bonds. The van der Waals surface area contributed by atoms with Crippen LogP contribution in [0.3, 0.4) is 0 Å². The van der Waals surface area contributed by atoms with Gasteiger partial charge in [-0.2, -0.15) is 0 Å². The van der Waals surface area contributed by atoms with Crippen LogP contribution in [0.25, 0.3) is 10.4 Å². The number of amides is 1. The van der Waals surface area contributed by atoms with Crippen LogP contribution in [0.1, 0.15) is 10.4 Å². The van der Waals surface area contributed by atoms with Crippen molar-refractivity contribution in [3.05, 3.63) is 34.3 Å². The molecule has 12 heavy (non-hydrogen) atoms. The Morgan fingerprint density at radius 3 is 3.08 bits per heavy atom. The van der Waals surface area contributed by atoms with E-state index in [2.05, 4.69) is 15.0 Å². The first kappa shape index (κ1) is 8.03.